The molecule has 0 aliphatic carbocycles. The summed E-state index contributed by atoms with van der Waals surface area (Å²) in [6, 6.07) is 12.1. The summed E-state index contributed by atoms with van der Waals surface area (Å²) < 4.78 is 70.4. The van der Waals surface area contributed by atoms with Crippen LogP contribution in [0.25, 0.3) is 0 Å². The molecular formula is C23H27ClF3NO4S. The molecule has 0 aliphatic heterocycles. The molecule has 1 atom stereocenters. The van der Waals surface area contributed by atoms with E-state index in [0.29, 0.717) is 29.8 Å². The Hall–Kier alpha value is -2.10. The summed E-state index contributed by atoms with van der Waals surface area (Å²) in [6.45, 7) is 0. The van der Waals surface area contributed by atoms with Crippen molar-refractivity contribution in [1.29, 1.82) is 0 Å². The van der Waals surface area contributed by atoms with E-state index in [1.54, 1.807) is 12.1 Å². The number of nitrogens with one attached hydrogen (secondary N) is 1. The van der Waals surface area contributed by atoms with Crippen molar-refractivity contribution in [2.45, 2.75) is 62.1 Å². The molecule has 1 unspecified atom stereocenters. The van der Waals surface area contributed by atoms with Crippen LogP contribution < -0.4 is 4.72 Å². The number of esters is 1. The first-order valence-electron chi connectivity index (χ1n) is 10.5. The molecule has 0 saturated carbocycles. The zero-order valence-corrected chi connectivity index (χ0v) is 19.8. The van der Waals surface area contributed by atoms with Crippen molar-refractivity contribution in [3.8, 4) is 0 Å². The van der Waals surface area contributed by atoms with Gasteiger partial charge in [-0.15, -0.1) is 0 Å². The summed E-state index contributed by atoms with van der Waals surface area (Å²) in [7, 11) is -2.58. The molecule has 0 saturated heterocycles. The van der Waals surface area contributed by atoms with Gasteiger partial charge < -0.3 is 4.74 Å². The highest BCUT2D eigenvalue weighted by Gasteiger charge is 2.27. The molecule has 33 heavy (non-hydrogen) atoms. The number of hydrogen-bond acceptors (Lipinski definition) is 4. The lowest BCUT2D eigenvalue weighted by Crippen LogP contribution is -2.29. The topological polar surface area (TPSA) is 72.5 Å². The van der Waals surface area contributed by atoms with Crippen LogP contribution in [-0.2, 0) is 26.0 Å². The predicted octanol–water partition coefficient (Wildman–Crippen LogP) is 5.98. The Morgan fingerprint density at radius 3 is 2.24 bits per heavy atom. The number of benzene rings is 2. The maximum absolute atomic E-state index is 12.8. The third kappa shape index (κ3) is 9.73. The van der Waals surface area contributed by atoms with Crippen molar-refractivity contribution in [3.05, 3.63) is 64.7 Å². The van der Waals surface area contributed by atoms with Crippen LogP contribution in [0.1, 0.15) is 55.7 Å². The Morgan fingerprint density at radius 1 is 1.03 bits per heavy atom. The fraction of sp³-hybridized carbons (Fsp3) is 0.435. The number of carbonyl (C=O) groups excluding carboxylic acids is 1. The lowest BCUT2D eigenvalue weighted by molar-refractivity contribution is -0.140. The largest absolute Gasteiger partial charge is 0.469 e. The number of aryl methyl sites for hydroxylation is 1. The molecule has 1 N–H and O–H groups in total. The SMILES string of the molecule is COC(=O)CCCc1ccc(C(CCCCC(F)(F)F)NS(=O)(=O)c2ccc(Cl)cc2)cc1. The van der Waals surface area contributed by atoms with Gasteiger partial charge in [-0.05, 0) is 61.1 Å². The van der Waals surface area contributed by atoms with E-state index in [1.165, 1.54) is 31.4 Å². The maximum atomic E-state index is 12.8. The number of unbranched alkanes of at least 4 members (excludes halogenated alkanes) is 1. The molecule has 0 spiro atoms. The highest BCUT2D eigenvalue weighted by molar-refractivity contribution is 7.89. The van der Waals surface area contributed by atoms with Crippen LogP contribution in [0, 0.1) is 0 Å². The van der Waals surface area contributed by atoms with Gasteiger partial charge in [-0.2, -0.15) is 13.2 Å². The number of halogens is 4. The lowest BCUT2D eigenvalue weighted by atomic mass is 9.98. The van der Waals surface area contributed by atoms with Gasteiger partial charge in [0.15, 0.2) is 0 Å². The monoisotopic (exact) mass is 505 g/mol. The highest BCUT2D eigenvalue weighted by Crippen LogP contribution is 2.27. The van der Waals surface area contributed by atoms with E-state index in [4.69, 9.17) is 11.6 Å². The van der Waals surface area contributed by atoms with E-state index in [9.17, 15) is 26.4 Å². The van der Waals surface area contributed by atoms with E-state index >= 15 is 0 Å². The molecule has 0 bridgehead atoms. The molecule has 0 fully saturated rings. The van der Waals surface area contributed by atoms with Crippen molar-refractivity contribution in [2.24, 2.45) is 0 Å². The van der Waals surface area contributed by atoms with Crippen LogP contribution in [0.3, 0.4) is 0 Å². The van der Waals surface area contributed by atoms with Crippen LogP contribution in [0.15, 0.2) is 53.4 Å². The third-order valence-corrected chi connectivity index (χ3v) is 6.82. The second-order valence-electron chi connectivity index (χ2n) is 7.66. The van der Waals surface area contributed by atoms with Crippen molar-refractivity contribution in [2.75, 3.05) is 7.11 Å². The zero-order chi connectivity index (χ0) is 24.5. The van der Waals surface area contributed by atoms with Crippen LogP contribution in [0.4, 0.5) is 13.2 Å². The van der Waals surface area contributed by atoms with E-state index < -0.39 is 28.7 Å². The van der Waals surface area contributed by atoms with E-state index in [2.05, 4.69) is 9.46 Å². The highest BCUT2D eigenvalue weighted by atomic mass is 35.5. The standard InChI is InChI=1S/C23H27ClF3NO4S/c1-32-22(29)7-4-5-17-8-10-18(11-9-17)21(6-2-3-16-23(25,26)27)28-33(30,31)20-14-12-19(24)13-15-20/h8-15,21,28H,2-7,16H2,1H3. The molecular weight excluding hydrogens is 479 g/mol. The first-order valence-corrected chi connectivity index (χ1v) is 12.4. The number of ether oxygens (including phenoxy) is 1. The smallest absolute Gasteiger partial charge is 0.389 e. The average molecular weight is 506 g/mol. The Kier molecular flexibility index (Phi) is 10.2. The minimum absolute atomic E-state index is 0.0200. The second kappa shape index (κ2) is 12.4. The van der Waals surface area contributed by atoms with Crippen LogP contribution in [0.2, 0.25) is 5.02 Å². The van der Waals surface area contributed by atoms with Gasteiger partial charge >= 0.3 is 12.1 Å². The number of carbonyl (C=O) groups is 1. The summed E-state index contributed by atoms with van der Waals surface area (Å²) in [5.74, 6) is -0.290. The molecule has 2 aromatic rings. The Balaban J connectivity index is 2.12. The molecule has 10 heteroatoms. The zero-order valence-electron chi connectivity index (χ0n) is 18.2. The summed E-state index contributed by atoms with van der Waals surface area (Å²) in [6.07, 6.45) is -3.29. The Morgan fingerprint density at radius 2 is 1.67 bits per heavy atom. The first-order chi connectivity index (χ1) is 15.5. The maximum Gasteiger partial charge on any atom is 0.389 e. The van der Waals surface area contributed by atoms with Gasteiger partial charge in [0, 0.05) is 23.9 Å². The number of methoxy groups -OCH3 is 1. The summed E-state index contributed by atoms with van der Waals surface area (Å²) in [5.41, 5.74) is 1.61. The average Bonchev–Trinajstić information content (AvgIpc) is 2.76. The molecule has 2 aromatic carbocycles. The van der Waals surface area contributed by atoms with E-state index in [0.717, 1.165) is 5.56 Å². The number of rotatable bonds is 12. The van der Waals surface area contributed by atoms with Gasteiger partial charge in [0.05, 0.1) is 12.0 Å². The third-order valence-electron chi connectivity index (χ3n) is 5.08. The fourth-order valence-corrected chi connectivity index (χ4v) is 4.68. The Bertz CT molecular complexity index is 994. The fourth-order valence-electron chi connectivity index (χ4n) is 3.29. The number of alkyl halides is 3. The molecule has 0 radical (unpaired) electrons. The quantitative estimate of drug-likeness (QED) is 0.284. The predicted molar refractivity (Wildman–Crippen MR) is 120 cm³/mol. The lowest BCUT2D eigenvalue weighted by Gasteiger charge is -2.20. The van der Waals surface area contributed by atoms with Crippen LogP contribution in [-0.4, -0.2) is 27.7 Å². The minimum atomic E-state index is -4.25. The van der Waals surface area contributed by atoms with Gasteiger partial charge in [-0.1, -0.05) is 42.3 Å². The molecule has 5 nitrogen and oxygen atoms in total. The van der Waals surface area contributed by atoms with Gasteiger partial charge in [0.2, 0.25) is 10.0 Å². The van der Waals surface area contributed by atoms with E-state index in [1.807, 2.05) is 12.1 Å². The van der Waals surface area contributed by atoms with Crippen molar-refractivity contribution in [3.63, 3.8) is 0 Å². The summed E-state index contributed by atoms with van der Waals surface area (Å²) in [4.78, 5) is 11.3. The molecule has 0 heterocycles. The number of sulfonamides is 1. The van der Waals surface area contributed by atoms with Crippen molar-refractivity contribution in [1.82, 2.24) is 4.72 Å². The van der Waals surface area contributed by atoms with Crippen molar-refractivity contribution < 1.29 is 31.1 Å². The minimum Gasteiger partial charge on any atom is -0.469 e. The summed E-state index contributed by atoms with van der Waals surface area (Å²) >= 11 is 5.83. The Labute approximate surface area is 197 Å². The molecule has 0 aliphatic rings. The van der Waals surface area contributed by atoms with Gasteiger partial charge in [0.25, 0.3) is 0 Å². The second-order valence-corrected chi connectivity index (χ2v) is 9.81. The van der Waals surface area contributed by atoms with Gasteiger partial charge in [-0.25, -0.2) is 13.1 Å². The van der Waals surface area contributed by atoms with Crippen molar-refractivity contribution >= 4 is 27.6 Å². The van der Waals surface area contributed by atoms with Crippen LogP contribution in [0.5, 0.6) is 0 Å². The number of hydrogen-bond donors (Lipinski definition) is 1. The first kappa shape index (κ1) is 27.1. The molecule has 0 aromatic heterocycles. The van der Waals surface area contributed by atoms with Gasteiger partial charge in [-0.3, -0.25) is 4.79 Å². The molecule has 182 valence electrons. The molecule has 2 rings (SSSR count). The summed E-state index contributed by atoms with van der Waals surface area (Å²) in [5, 5.41) is 0.389. The van der Waals surface area contributed by atoms with Gasteiger partial charge in [0.1, 0.15) is 0 Å². The molecule has 0 amide bonds. The normalized spacial score (nSPS) is 13.0. The van der Waals surface area contributed by atoms with Crippen LogP contribution >= 0.6 is 11.6 Å². The van der Waals surface area contributed by atoms with E-state index in [-0.39, 0.29) is 30.1 Å².